The average Bonchev–Trinajstić information content (AvgIpc) is 2.54. The second-order valence-electron chi connectivity index (χ2n) is 4.01. The van der Waals surface area contributed by atoms with E-state index in [9.17, 15) is 14.9 Å². The summed E-state index contributed by atoms with van der Waals surface area (Å²) in [5.41, 5.74) is -0.112. The number of amides is 1. The van der Waals surface area contributed by atoms with Crippen molar-refractivity contribution in [1.82, 2.24) is 9.97 Å². The highest BCUT2D eigenvalue weighted by molar-refractivity contribution is 7.99. The minimum Gasteiger partial charge on any atom is -0.496 e. The number of anilines is 1. The first-order chi connectivity index (χ1) is 10.6. The van der Waals surface area contributed by atoms with Crippen LogP contribution in [0.3, 0.4) is 0 Å². The zero-order valence-electron chi connectivity index (χ0n) is 11.6. The zero-order chi connectivity index (χ0) is 15.9. The summed E-state index contributed by atoms with van der Waals surface area (Å²) in [6, 6.07) is 5.89. The number of hydrogen-bond donors (Lipinski definition) is 1. The van der Waals surface area contributed by atoms with Crippen molar-refractivity contribution in [3.05, 3.63) is 46.8 Å². The molecular weight excluding hydrogens is 308 g/mol. The molecule has 0 saturated heterocycles. The molecule has 0 unspecified atom stereocenters. The van der Waals surface area contributed by atoms with Crippen LogP contribution in [-0.2, 0) is 4.79 Å². The lowest BCUT2D eigenvalue weighted by Crippen LogP contribution is -2.15. The van der Waals surface area contributed by atoms with Crippen LogP contribution in [0.4, 0.5) is 11.4 Å². The van der Waals surface area contributed by atoms with Crippen molar-refractivity contribution in [3.8, 4) is 5.75 Å². The van der Waals surface area contributed by atoms with Crippen LogP contribution in [0.2, 0.25) is 0 Å². The van der Waals surface area contributed by atoms with Gasteiger partial charge in [0.25, 0.3) is 5.69 Å². The molecule has 8 nitrogen and oxygen atoms in total. The smallest absolute Gasteiger partial charge is 0.296 e. The molecule has 1 N–H and O–H groups in total. The van der Waals surface area contributed by atoms with Gasteiger partial charge in [0, 0.05) is 12.4 Å². The molecule has 1 aromatic heterocycles. The Labute approximate surface area is 130 Å². The first-order valence-electron chi connectivity index (χ1n) is 6.12. The van der Waals surface area contributed by atoms with Crippen molar-refractivity contribution in [1.29, 1.82) is 0 Å². The molecule has 0 aliphatic heterocycles. The fourth-order valence-electron chi connectivity index (χ4n) is 1.57. The third kappa shape index (κ3) is 4.16. The van der Waals surface area contributed by atoms with E-state index >= 15 is 0 Å². The molecule has 0 atom stereocenters. The Hall–Kier alpha value is -2.68. The lowest BCUT2D eigenvalue weighted by molar-refractivity contribution is -0.384. The summed E-state index contributed by atoms with van der Waals surface area (Å²) in [5, 5.41) is 14.0. The predicted molar refractivity (Wildman–Crippen MR) is 81.0 cm³/mol. The van der Waals surface area contributed by atoms with E-state index in [2.05, 4.69) is 15.3 Å². The van der Waals surface area contributed by atoms with Gasteiger partial charge in [0.05, 0.1) is 23.9 Å². The minimum atomic E-state index is -0.578. The molecule has 1 amide bonds. The SMILES string of the molecule is COc1ccc(NC(=O)CSc2ncccn2)c([N+](=O)[O-])c1. The van der Waals surface area contributed by atoms with Crippen LogP contribution in [0.15, 0.2) is 41.8 Å². The highest BCUT2D eigenvalue weighted by Gasteiger charge is 2.17. The van der Waals surface area contributed by atoms with E-state index in [-0.39, 0.29) is 23.0 Å². The molecule has 1 heterocycles. The first-order valence-corrected chi connectivity index (χ1v) is 7.11. The monoisotopic (exact) mass is 320 g/mol. The second-order valence-corrected chi connectivity index (χ2v) is 4.95. The van der Waals surface area contributed by atoms with E-state index in [4.69, 9.17) is 4.74 Å². The van der Waals surface area contributed by atoms with E-state index in [0.29, 0.717) is 10.9 Å². The summed E-state index contributed by atoms with van der Waals surface area (Å²) in [7, 11) is 1.41. The fraction of sp³-hybridized carbons (Fsp3) is 0.154. The normalized spacial score (nSPS) is 10.0. The van der Waals surface area contributed by atoms with Crippen LogP contribution in [0.25, 0.3) is 0 Å². The van der Waals surface area contributed by atoms with Gasteiger partial charge in [-0.1, -0.05) is 11.8 Å². The highest BCUT2D eigenvalue weighted by atomic mass is 32.2. The molecule has 0 saturated carbocycles. The summed E-state index contributed by atoms with van der Waals surface area (Å²) in [5.74, 6) is 0.00944. The van der Waals surface area contributed by atoms with Gasteiger partial charge in [0.15, 0.2) is 5.16 Å². The van der Waals surface area contributed by atoms with E-state index < -0.39 is 4.92 Å². The van der Waals surface area contributed by atoms with E-state index in [0.717, 1.165) is 11.8 Å². The van der Waals surface area contributed by atoms with E-state index in [1.807, 2.05) is 0 Å². The molecule has 9 heteroatoms. The molecule has 0 aliphatic rings. The van der Waals surface area contributed by atoms with Crippen LogP contribution in [-0.4, -0.2) is 33.7 Å². The summed E-state index contributed by atoms with van der Waals surface area (Å²) in [4.78, 5) is 30.3. The Morgan fingerprint density at radius 2 is 2.14 bits per heavy atom. The standard InChI is InChI=1S/C13H12N4O4S/c1-21-9-3-4-10(11(7-9)17(19)20)16-12(18)8-22-13-14-5-2-6-15-13/h2-7H,8H2,1H3,(H,16,18). The van der Waals surface area contributed by atoms with Crippen LogP contribution in [0.5, 0.6) is 5.75 Å². The maximum absolute atomic E-state index is 11.9. The van der Waals surface area contributed by atoms with Crippen molar-refractivity contribution < 1.29 is 14.5 Å². The number of methoxy groups -OCH3 is 1. The summed E-state index contributed by atoms with van der Waals surface area (Å²) < 4.78 is 4.93. The predicted octanol–water partition coefficient (Wildman–Crippen LogP) is 2.12. The number of ether oxygens (including phenoxy) is 1. The Balaban J connectivity index is 2.03. The summed E-state index contributed by atoms with van der Waals surface area (Å²) in [6.45, 7) is 0. The Bertz CT molecular complexity index is 681. The number of carbonyl (C=O) groups excluding carboxylic acids is 1. The largest absolute Gasteiger partial charge is 0.496 e. The van der Waals surface area contributed by atoms with Gasteiger partial charge in [-0.15, -0.1) is 0 Å². The number of nitrogens with zero attached hydrogens (tertiary/aromatic N) is 3. The number of hydrogen-bond acceptors (Lipinski definition) is 7. The quantitative estimate of drug-likeness (QED) is 0.376. The maximum atomic E-state index is 11.9. The van der Waals surface area contributed by atoms with Crippen molar-refractivity contribution in [3.63, 3.8) is 0 Å². The van der Waals surface area contributed by atoms with Crippen LogP contribution in [0, 0.1) is 10.1 Å². The number of thioether (sulfide) groups is 1. The van der Waals surface area contributed by atoms with Crippen molar-refractivity contribution in [2.45, 2.75) is 5.16 Å². The fourth-order valence-corrected chi connectivity index (χ4v) is 2.17. The number of carbonyl (C=O) groups is 1. The van der Waals surface area contributed by atoms with Gasteiger partial charge >= 0.3 is 0 Å². The Morgan fingerprint density at radius 3 is 2.77 bits per heavy atom. The van der Waals surface area contributed by atoms with Gasteiger partial charge < -0.3 is 10.1 Å². The van der Waals surface area contributed by atoms with Crippen LogP contribution >= 0.6 is 11.8 Å². The second kappa shape index (κ2) is 7.36. The van der Waals surface area contributed by atoms with Gasteiger partial charge in [0.2, 0.25) is 5.91 Å². The van der Waals surface area contributed by atoms with Gasteiger partial charge in [-0.25, -0.2) is 9.97 Å². The van der Waals surface area contributed by atoms with Gasteiger partial charge in [0.1, 0.15) is 11.4 Å². The molecule has 2 rings (SSSR count). The van der Waals surface area contributed by atoms with E-state index in [1.54, 1.807) is 18.5 Å². The molecule has 2 aromatic rings. The number of nitrogens with one attached hydrogen (secondary N) is 1. The minimum absolute atomic E-state index is 0.0488. The topological polar surface area (TPSA) is 107 Å². The van der Waals surface area contributed by atoms with E-state index in [1.165, 1.54) is 25.3 Å². The highest BCUT2D eigenvalue weighted by Crippen LogP contribution is 2.29. The average molecular weight is 320 g/mol. The first kappa shape index (κ1) is 15.7. The number of nitro benzene ring substituents is 1. The molecule has 114 valence electrons. The van der Waals surface area contributed by atoms with Crippen molar-refractivity contribution in [2.75, 3.05) is 18.2 Å². The van der Waals surface area contributed by atoms with Gasteiger partial charge in [-0.2, -0.15) is 0 Å². The summed E-state index contributed by atoms with van der Waals surface area (Å²) >= 11 is 1.14. The number of benzene rings is 1. The number of nitro groups is 1. The molecule has 0 bridgehead atoms. The Morgan fingerprint density at radius 1 is 1.41 bits per heavy atom. The molecular formula is C13H12N4O4S. The van der Waals surface area contributed by atoms with Gasteiger partial charge in [-0.05, 0) is 18.2 Å². The van der Waals surface area contributed by atoms with Gasteiger partial charge in [-0.3, -0.25) is 14.9 Å². The van der Waals surface area contributed by atoms with Crippen molar-refractivity contribution in [2.24, 2.45) is 0 Å². The third-order valence-corrected chi connectivity index (χ3v) is 3.43. The zero-order valence-corrected chi connectivity index (χ0v) is 12.4. The van der Waals surface area contributed by atoms with Crippen LogP contribution < -0.4 is 10.1 Å². The lowest BCUT2D eigenvalue weighted by Gasteiger charge is -2.07. The molecule has 0 spiro atoms. The number of rotatable bonds is 6. The molecule has 1 aromatic carbocycles. The van der Waals surface area contributed by atoms with Crippen molar-refractivity contribution >= 4 is 29.0 Å². The number of aromatic nitrogens is 2. The molecule has 0 radical (unpaired) electrons. The Kier molecular flexibility index (Phi) is 5.26. The molecule has 0 fully saturated rings. The molecule has 0 aliphatic carbocycles. The molecule has 22 heavy (non-hydrogen) atoms. The summed E-state index contributed by atoms with van der Waals surface area (Å²) in [6.07, 6.45) is 3.14. The van der Waals surface area contributed by atoms with Crippen LogP contribution in [0.1, 0.15) is 0 Å². The third-order valence-electron chi connectivity index (χ3n) is 2.55. The maximum Gasteiger partial charge on any atom is 0.296 e. The lowest BCUT2D eigenvalue weighted by atomic mass is 10.2.